The average Bonchev–Trinajstić information content (AvgIpc) is 2.67. The number of hydrogen-bond donors (Lipinski definition) is 0. The number of rotatable bonds is 4. The molecule has 0 aromatic heterocycles. The molecule has 1 saturated heterocycles. The van der Waals surface area contributed by atoms with Crippen molar-refractivity contribution in [1.82, 2.24) is 4.90 Å². The maximum absolute atomic E-state index is 12.9. The first-order chi connectivity index (χ1) is 12.1. The summed E-state index contributed by atoms with van der Waals surface area (Å²) in [5.41, 5.74) is 1.54. The molecule has 1 aliphatic rings. The summed E-state index contributed by atoms with van der Waals surface area (Å²) in [5.74, 6) is 1.11. The van der Waals surface area contributed by atoms with E-state index in [9.17, 15) is 4.79 Å². The second kappa shape index (κ2) is 7.76. The van der Waals surface area contributed by atoms with Crippen LogP contribution >= 0.6 is 11.6 Å². The molecule has 1 amide bonds. The molecule has 2 aromatic rings. The zero-order chi connectivity index (χ0) is 17.8. The van der Waals surface area contributed by atoms with E-state index in [-0.39, 0.29) is 12.0 Å². The van der Waals surface area contributed by atoms with Gasteiger partial charge < -0.3 is 19.1 Å². The van der Waals surface area contributed by atoms with Gasteiger partial charge >= 0.3 is 0 Å². The van der Waals surface area contributed by atoms with E-state index in [1.807, 2.05) is 24.3 Å². The monoisotopic (exact) mass is 361 g/mol. The second-order valence-electron chi connectivity index (χ2n) is 5.76. The lowest BCUT2D eigenvalue weighted by molar-refractivity contribution is -0.0228. The molecule has 0 saturated carbocycles. The van der Waals surface area contributed by atoms with Crippen molar-refractivity contribution in [3.8, 4) is 11.5 Å². The topological polar surface area (TPSA) is 48.0 Å². The van der Waals surface area contributed by atoms with E-state index < -0.39 is 0 Å². The molecule has 25 heavy (non-hydrogen) atoms. The molecule has 0 radical (unpaired) electrons. The van der Waals surface area contributed by atoms with Gasteiger partial charge in [-0.15, -0.1) is 0 Å². The van der Waals surface area contributed by atoms with Crippen LogP contribution in [0.2, 0.25) is 5.02 Å². The maximum atomic E-state index is 12.9. The molecule has 6 heteroatoms. The Labute approximate surface area is 152 Å². The molecular formula is C19H20ClNO4. The van der Waals surface area contributed by atoms with Gasteiger partial charge in [0.1, 0.15) is 17.6 Å². The SMILES string of the molecule is COc1cc(OC)cc(C(=O)N2CCOC(c3ccc(Cl)cc3)C2)c1. The molecule has 5 nitrogen and oxygen atoms in total. The summed E-state index contributed by atoms with van der Waals surface area (Å²) in [7, 11) is 3.13. The molecule has 1 aliphatic heterocycles. The second-order valence-corrected chi connectivity index (χ2v) is 6.20. The van der Waals surface area contributed by atoms with E-state index in [1.165, 1.54) is 0 Å². The molecule has 1 atom stereocenters. The summed E-state index contributed by atoms with van der Waals surface area (Å²) in [6, 6.07) is 12.7. The van der Waals surface area contributed by atoms with Gasteiger partial charge in [0.05, 0.1) is 27.4 Å². The fourth-order valence-electron chi connectivity index (χ4n) is 2.83. The number of morpholine rings is 1. The van der Waals surface area contributed by atoms with Crippen molar-refractivity contribution in [3.05, 3.63) is 58.6 Å². The molecule has 132 valence electrons. The van der Waals surface area contributed by atoms with Crippen LogP contribution < -0.4 is 9.47 Å². The number of hydrogen-bond acceptors (Lipinski definition) is 4. The summed E-state index contributed by atoms with van der Waals surface area (Å²) in [6.07, 6.45) is -0.164. The fourth-order valence-corrected chi connectivity index (χ4v) is 2.95. The number of nitrogens with zero attached hydrogens (tertiary/aromatic N) is 1. The van der Waals surface area contributed by atoms with Gasteiger partial charge in [-0.25, -0.2) is 0 Å². The smallest absolute Gasteiger partial charge is 0.254 e. The van der Waals surface area contributed by atoms with Crippen molar-refractivity contribution >= 4 is 17.5 Å². The molecule has 0 spiro atoms. The quantitative estimate of drug-likeness (QED) is 0.835. The van der Waals surface area contributed by atoms with Crippen molar-refractivity contribution in [2.75, 3.05) is 33.9 Å². The van der Waals surface area contributed by atoms with Gasteiger partial charge in [-0.05, 0) is 29.8 Å². The Morgan fingerprint density at radius 3 is 2.36 bits per heavy atom. The molecule has 0 N–H and O–H groups in total. The highest BCUT2D eigenvalue weighted by atomic mass is 35.5. The Balaban J connectivity index is 1.79. The Bertz CT molecular complexity index is 725. The van der Waals surface area contributed by atoms with Gasteiger partial charge in [0.25, 0.3) is 5.91 Å². The van der Waals surface area contributed by atoms with Gasteiger partial charge in [-0.1, -0.05) is 23.7 Å². The lowest BCUT2D eigenvalue weighted by Crippen LogP contribution is -2.42. The van der Waals surface area contributed by atoms with E-state index >= 15 is 0 Å². The lowest BCUT2D eigenvalue weighted by Gasteiger charge is -2.33. The van der Waals surface area contributed by atoms with Crippen LogP contribution in [0, 0.1) is 0 Å². The van der Waals surface area contributed by atoms with Crippen LogP contribution in [0.25, 0.3) is 0 Å². The molecular weight excluding hydrogens is 342 g/mol. The number of amides is 1. The number of benzene rings is 2. The number of carbonyl (C=O) groups excluding carboxylic acids is 1. The maximum Gasteiger partial charge on any atom is 0.254 e. The Morgan fingerprint density at radius 2 is 1.76 bits per heavy atom. The summed E-state index contributed by atoms with van der Waals surface area (Å²) < 4.78 is 16.3. The van der Waals surface area contributed by atoms with Gasteiger partial charge in [0.15, 0.2) is 0 Å². The molecule has 1 fully saturated rings. The predicted molar refractivity (Wildman–Crippen MR) is 95.6 cm³/mol. The van der Waals surface area contributed by atoms with Crippen LogP contribution in [0.5, 0.6) is 11.5 Å². The minimum atomic E-state index is -0.164. The van der Waals surface area contributed by atoms with Crippen LogP contribution in [0.3, 0.4) is 0 Å². The number of methoxy groups -OCH3 is 2. The van der Waals surface area contributed by atoms with E-state index in [2.05, 4.69) is 0 Å². The highest BCUT2D eigenvalue weighted by Crippen LogP contribution is 2.27. The van der Waals surface area contributed by atoms with Crippen molar-refractivity contribution in [2.45, 2.75) is 6.10 Å². The van der Waals surface area contributed by atoms with Gasteiger partial charge in [-0.3, -0.25) is 4.79 Å². The zero-order valence-corrected chi connectivity index (χ0v) is 15.0. The summed E-state index contributed by atoms with van der Waals surface area (Å²) in [5, 5.41) is 0.677. The summed E-state index contributed by atoms with van der Waals surface area (Å²) in [6.45, 7) is 1.52. The van der Waals surface area contributed by atoms with Crippen molar-refractivity contribution in [1.29, 1.82) is 0 Å². The van der Waals surface area contributed by atoms with Gasteiger partial charge in [0.2, 0.25) is 0 Å². The van der Waals surface area contributed by atoms with Crippen LogP contribution in [0.15, 0.2) is 42.5 Å². The highest BCUT2D eigenvalue weighted by Gasteiger charge is 2.26. The number of carbonyl (C=O) groups is 1. The molecule has 3 rings (SSSR count). The minimum Gasteiger partial charge on any atom is -0.497 e. The number of halogens is 1. The minimum absolute atomic E-state index is 0.0699. The normalized spacial score (nSPS) is 17.2. The van der Waals surface area contributed by atoms with Crippen molar-refractivity contribution < 1.29 is 19.0 Å². The van der Waals surface area contributed by atoms with Crippen LogP contribution in [-0.4, -0.2) is 44.7 Å². The summed E-state index contributed by atoms with van der Waals surface area (Å²) >= 11 is 5.94. The lowest BCUT2D eigenvalue weighted by atomic mass is 10.1. The van der Waals surface area contributed by atoms with Crippen molar-refractivity contribution in [2.24, 2.45) is 0 Å². The first kappa shape index (κ1) is 17.6. The van der Waals surface area contributed by atoms with E-state index in [1.54, 1.807) is 37.3 Å². The average molecular weight is 362 g/mol. The fraction of sp³-hybridized carbons (Fsp3) is 0.316. The molecule has 1 heterocycles. The van der Waals surface area contributed by atoms with Gasteiger partial charge in [-0.2, -0.15) is 0 Å². The molecule has 0 aliphatic carbocycles. The van der Waals surface area contributed by atoms with Gasteiger partial charge in [0, 0.05) is 23.2 Å². The Kier molecular flexibility index (Phi) is 5.46. The van der Waals surface area contributed by atoms with E-state index in [4.69, 9.17) is 25.8 Å². The Hall–Kier alpha value is -2.24. The standard InChI is InChI=1S/C19H20ClNO4/c1-23-16-9-14(10-17(11-16)24-2)19(22)21-7-8-25-18(12-21)13-3-5-15(20)6-4-13/h3-6,9-11,18H,7-8,12H2,1-2H3. The van der Waals surface area contributed by atoms with Crippen LogP contribution in [0.1, 0.15) is 22.0 Å². The first-order valence-electron chi connectivity index (χ1n) is 8.00. The molecule has 1 unspecified atom stereocenters. The third-order valence-corrected chi connectivity index (χ3v) is 4.45. The zero-order valence-electron chi connectivity index (χ0n) is 14.2. The van der Waals surface area contributed by atoms with Crippen molar-refractivity contribution in [3.63, 3.8) is 0 Å². The first-order valence-corrected chi connectivity index (χ1v) is 8.38. The third-order valence-electron chi connectivity index (χ3n) is 4.19. The van der Waals surface area contributed by atoms with Crippen LogP contribution in [0.4, 0.5) is 0 Å². The molecule has 2 aromatic carbocycles. The predicted octanol–water partition coefficient (Wildman–Crippen LogP) is 3.57. The summed E-state index contributed by atoms with van der Waals surface area (Å²) in [4.78, 5) is 14.7. The number of ether oxygens (including phenoxy) is 3. The van der Waals surface area contributed by atoms with E-state index in [0.717, 1.165) is 5.56 Å². The van der Waals surface area contributed by atoms with Crippen LogP contribution in [-0.2, 0) is 4.74 Å². The Morgan fingerprint density at radius 1 is 1.12 bits per heavy atom. The third kappa shape index (κ3) is 4.06. The van der Waals surface area contributed by atoms with E-state index in [0.29, 0.717) is 41.8 Å². The highest BCUT2D eigenvalue weighted by molar-refractivity contribution is 6.30. The largest absolute Gasteiger partial charge is 0.497 e. The molecule has 0 bridgehead atoms.